The zero-order chi connectivity index (χ0) is 16.9. The van der Waals surface area contributed by atoms with Gasteiger partial charge < -0.3 is 15.5 Å². The van der Waals surface area contributed by atoms with Crippen LogP contribution in [0.25, 0.3) is 0 Å². The van der Waals surface area contributed by atoms with Gasteiger partial charge in [0.15, 0.2) is 0 Å². The Labute approximate surface area is 155 Å². The van der Waals surface area contributed by atoms with Crippen LogP contribution in [0.4, 0.5) is 0 Å². The van der Waals surface area contributed by atoms with Crippen LogP contribution in [0.2, 0.25) is 0 Å². The van der Waals surface area contributed by atoms with Crippen LogP contribution in [0.5, 0.6) is 0 Å². The molecule has 0 aromatic heterocycles. The molecule has 2 saturated heterocycles. The smallest absolute Gasteiger partial charge is 0.243 e. The molecule has 2 aliphatic rings. The molecule has 3 atom stereocenters. The maximum Gasteiger partial charge on any atom is 0.243 e. The first-order chi connectivity index (χ1) is 11.6. The van der Waals surface area contributed by atoms with E-state index in [0.717, 1.165) is 37.8 Å². The second-order valence-corrected chi connectivity index (χ2v) is 6.91. The van der Waals surface area contributed by atoms with Crippen LogP contribution in [0.1, 0.15) is 38.2 Å². The van der Waals surface area contributed by atoms with Crippen LogP contribution in [0.3, 0.4) is 0 Å². The van der Waals surface area contributed by atoms with E-state index >= 15 is 0 Å². The highest BCUT2D eigenvalue weighted by Gasteiger charge is 2.35. The molecule has 0 radical (unpaired) electrons. The number of piperidine rings is 1. The Bertz CT molecular complexity index is 581. The number of carbonyl (C=O) groups is 2. The minimum atomic E-state index is -0.310. The quantitative estimate of drug-likeness (QED) is 0.856. The summed E-state index contributed by atoms with van der Waals surface area (Å²) in [6.45, 7) is 3.80. The number of hydrogen-bond donors (Lipinski definition) is 2. The lowest BCUT2D eigenvalue weighted by Crippen LogP contribution is -2.56. The number of benzene rings is 1. The molecule has 0 saturated carbocycles. The molecule has 25 heavy (non-hydrogen) atoms. The van der Waals surface area contributed by atoms with Crippen molar-refractivity contribution >= 4 is 24.2 Å². The van der Waals surface area contributed by atoms with Crippen LogP contribution >= 0.6 is 12.4 Å². The van der Waals surface area contributed by atoms with E-state index in [4.69, 9.17) is 0 Å². The molecule has 3 rings (SSSR count). The van der Waals surface area contributed by atoms with Gasteiger partial charge in [0.2, 0.25) is 11.8 Å². The van der Waals surface area contributed by atoms with Gasteiger partial charge in [-0.15, -0.1) is 12.4 Å². The molecule has 1 aromatic carbocycles. The Morgan fingerprint density at radius 1 is 1.20 bits per heavy atom. The number of carbonyl (C=O) groups excluding carboxylic acids is 2. The fraction of sp³-hybridized carbons (Fsp3) is 0.579. The van der Waals surface area contributed by atoms with E-state index in [2.05, 4.69) is 17.6 Å². The molecule has 0 bridgehead atoms. The molecule has 2 heterocycles. The normalized spacial score (nSPS) is 26.0. The van der Waals surface area contributed by atoms with Gasteiger partial charge in [-0.1, -0.05) is 30.3 Å². The Morgan fingerprint density at radius 2 is 1.96 bits per heavy atom. The molecule has 5 nitrogen and oxygen atoms in total. The van der Waals surface area contributed by atoms with Crippen LogP contribution in [-0.4, -0.2) is 47.9 Å². The SMILES string of the molecule is CC1NCCCC1NC(=O)C1CCCN1C(=O)Cc1ccccc1.Cl. The second-order valence-electron chi connectivity index (χ2n) is 6.91. The first-order valence-electron chi connectivity index (χ1n) is 9.02. The number of nitrogens with zero attached hydrogens (tertiary/aromatic N) is 1. The molecule has 0 aliphatic carbocycles. The number of likely N-dealkylation sites (tertiary alicyclic amines) is 1. The maximum absolute atomic E-state index is 12.7. The molecule has 2 amide bonds. The van der Waals surface area contributed by atoms with Crippen molar-refractivity contribution in [3.8, 4) is 0 Å². The first-order valence-corrected chi connectivity index (χ1v) is 9.02. The van der Waals surface area contributed by atoms with Gasteiger partial charge in [0.1, 0.15) is 6.04 Å². The Morgan fingerprint density at radius 3 is 2.68 bits per heavy atom. The highest BCUT2D eigenvalue weighted by molar-refractivity contribution is 5.89. The average Bonchev–Trinajstić information content (AvgIpc) is 3.08. The average molecular weight is 366 g/mol. The third-order valence-electron chi connectivity index (χ3n) is 5.16. The molecule has 3 unspecified atom stereocenters. The van der Waals surface area contributed by atoms with Crippen molar-refractivity contribution in [3.63, 3.8) is 0 Å². The summed E-state index contributed by atoms with van der Waals surface area (Å²) in [6.07, 6.45) is 4.12. The van der Waals surface area contributed by atoms with Gasteiger partial charge in [0.05, 0.1) is 6.42 Å². The number of halogens is 1. The van der Waals surface area contributed by atoms with Crippen LogP contribution < -0.4 is 10.6 Å². The maximum atomic E-state index is 12.7. The number of nitrogens with one attached hydrogen (secondary N) is 2. The Kier molecular flexibility index (Phi) is 7.26. The summed E-state index contributed by atoms with van der Waals surface area (Å²) in [7, 11) is 0. The van der Waals surface area contributed by atoms with Crippen molar-refractivity contribution in [3.05, 3.63) is 35.9 Å². The number of amides is 2. The van der Waals surface area contributed by atoms with E-state index in [1.54, 1.807) is 4.90 Å². The summed E-state index contributed by atoms with van der Waals surface area (Å²) < 4.78 is 0. The van der Waals surface area contributed by atoms with Crippen molar-refractivity contribution in [2.75, 3.05) is 13.1 Å². The fourth-order valence-corrected chi connectivity index (χ4v) is 3.73. The molecular formula is C19H28ClN3O2. The Hall–Kier alpha value is -1.59. The summed E-state index contributed by atoms with van der Waals surface area (Å²) in [5.41, 5.74) is 0.999. The Balaban J connectivity index is 0.00000225. The number of rotatable bonds is 4. The van der Waals surface area contributed by atoms with Crippen LogP contribution in [-0.2, 0) is 16.0 Å². The standard InChI is InChI=1S/C19H27N3O2.ClH/c1-14-16(9-5-11-20-14)21-19(24)17-10-6-12-22(17)18(23)13-15-7-3-2-4-8-15;/h2-4,7-8,14,16-17,20H,5-6,9-13H2,1H3,(H,21,24);1H. The van der Waals surface area contributed by atoms with Crippen molar-refractivity contribution in [2.24, 2.45) is 0 Å². The largest absolute Gasteiger partial charge is 0.350 e. The van der Waals surface area contributed by atoms with E-state index < -0.39 is 0 Å². The molecule has 0 spiro atoms. The van der Waals surface area contributed by atoms with Gasteiger partial charge in [0.25, 0.3) is 0 Å². The lowest BCUT2D eigenvalue weighted by Gasteiger charge is -2.33. The molecule has 2 N–H and O–H groups in total. The van der Waals surface area contributed by atoms with Gasteiger partial charge in [0, 0.05) is 18.6 Å². The zero-order valence-corrected chi connectivity index (χ0v) is 15.6. The van der Waals surface area contributed by atoms with Crippen molar-refractivity contribution in [1.29, 1.82) is 0 Å². The molecule has 2 fully saturated rings. The lowest BCUT2D eigenvalue weighted by molar-refractivity contribution is -0.138. The minimum Gasteiger partial charge on any atom is -0.350 e. The minimum absolute atomic E-state index is 0. The van der Waals surface area contributed by atoms with E-state index in [0.29, 0.717) is 13.0 Å². The van der Waals surface area contributed by atoms with E-state index in [1.807, 2.05) is 30.3 Å². The molecule has 2 aliphatic heterocycles. The molecular weight excluding hydrogens is 338 g/mol. The topological polar surface area (TPSA) is 61.4 Å². The van der Waals surface area contributed by atoms with E-state index in [1.165, 1.54) is 0 Å². The van der Waals surface area contributed by atoms with Gasteiger partial charge >= 0.3 is 0 Å². The monoisotopic (exact) mass is 365 g/mol. The summed E-state index contributed by atoms with van der Waals surface area (Å²) in [4.78, 5) is 27.1. The van der Waals surface area contributed by atoms with Gasteiger partial charge in [-0.2, -0.15) is 0 Å². The highest BCUT2D eigenvalue weighted by atomic mass is 35.5. The van der Waals surface area contributed by atoms with Crippen LogP contribution in [0.15, 0.2) is 30.3 Å². The summed E-state index contributed by atoms with van der Waals surface area (Å²) in [5, 5.41) is 6.56. The third-order valence-corrected chi connectivity index (χ3v) is 5.16. The van der Waals surface area contributed by atoms with Gasteiger partial charge in [-0.3, -0.25) is 9.59 Å². The van der Waals surface area contributed by atoms with Gasteiger partial charge in [-0.25, -0.2) is 0 Å². The summed E-state index contributed by atoms with van der Waals surface area (Å²) >= 11 is 0. The number of hydrogen-bond acceptors (Lipinski definition) is 3. The fourth-order valence-electron chi connectivity index (χ4n) is 3.73. The van der Waals surface area contributed by atoms with Crippen LogP contribution in [0, 0.1) is 0 Å². The lowest BCUT2D eigenvalue weighted by atomic mass is 9.99. The van der Waals surface area contributed by atoms with E-state index in [-0.39, 0.29) is 42.3 Å². The highest BCUT2D eigenvalue weighted by Crippen LogP contribution is 2.20. The summed E-state index contributed by atoms with van der Waals surface area (Å²) in [6, 6.07) is 9.88. The third kappa shape index (κ3) is 4.95. The predicted molar refractivity (Wildman–Crippen MR) is 101 cm³/mol. The molecule has 1 aromatic rings. The van der Waals surface area contributed by atoms with Gasteiger partial charge in [-0.05, 0) is 44.7 Å². The van der Waals surface area contributed by atoms with Crippen molar-refractivity contribution < 1.29 is 9.59 Å². The molecule has 138 valence electrons. The second kappa shape index (κ2) is 9.20. The summed E-state index contributed by atoms with van der Waals surface area (Å²) in [5.74, 6) is 0.0585. The first kappa shape index (κ1) is 19.7. The zero-order valence-electron chi connectivity index (χ0n) is 14.7. The van der Waals surface area contributed by atoms with Crippen molar-refractivity contribution in [1.82, 2.24) is 15.5 Å². The molecule has 6 heteroatoms. The predicted octanol–water partition coefficient (Wildman–Crippen LogP) is 1.90. The van der Waals surface area contributed by atoms with Crippen molar-refractivity contribution in [2.45, 2.75) is 57.2 Å². The van der Waals surface area contributed by atoms with E-state index in [9.17, 15) is 9.59 Å².